The SMILES string of the molecule is Cc1cccc(C(F)(F)F)c1-c1ccc(-n2c3ccccc3c3ccc4oc5ccccc5c4c32)c(C#N)c1-n1c2ccccc2c2ccc3oc4ccccc4c3c21. The number of para-hydroxylation sites is 4. The molecule has 12 aromatic rings. The number of fused-ring (bicyclic) bond motifs is 14. The highest BCUT2D eigenvalue weighted by Crippen LogP contribution is 2.49. The number of hydrogen-bond acceptors (Lipinski definition) is 3. The molecule has 0 unspecified atom stereocenters. The van der Waals surface area contributed by atoms with E-state index in [1.807, 2.05) is 120 Å². The predicted octanol–water partition coefficient (Wildman–Crippen LogP) is 14.5. The van der Waals surface area contributed by atoms with Crippen LogP contribution in [0, 0.1) is 18.3 Å². The number of nitriles is 1. The minimum Gasteiger partial charge on any atom is -0.456 e. The topological polar surface area (TPSA) is 59.9 Å². The quantitative estimate of drug-likeness (QED) is 0.180. The molecule has 0 aliphatic carbocycles. The molecular weight excluding hydrogens is 744 g/mol. The fourth-order valence-corrected chi connectivity index (χ4v) is 9.59. The van der Waals surface area contributed by atoms with Crippen LogP contribution in [0.1, 0.15) is 16.7 Å². The van der Waals surface area contributed by atoms with E-state index in [0.717, 1.165) is 76.8 Å². The van der Waals surface area contributed by atoms with Gasteiger partial charge in [-0.3, -0.25) is 0 Å². The van der Waals surface area contributed by atoms with E-state index in [2.05, 4.69) is 16.7 Å². The van der Waals surface area contributed by atoms with Gasteiger partial charge in [0.1, 0.15) is 34.0 Å². The van der Waals surface area contributed by atoms with Crippen molar-refractivity contribution in [2.75, 3.05) is 0 Å². The fourth-order valence-electron chi connectivity index (χ4n) is 9.59. The maximum atomic E-state index is 15.2. The lowest BCUT2D eigenvalue weighted by molar-refractivity contribution is -0.137. The lowest BCUT2D eigenvalue weighted by Gasteiger charge is -2.23. The molecule has 0 saturated carbocycles. The lowest BCUT2D eigenvalue weighted by atomic mass is 9.91. The fraction of sp³-hybridized carbons (Fsp3) is 0.0392. The molecule has 0 fully saturated rings. The van der Waals surface area contributed by atoms with Crippen LogP contribution in [0.25, 0.3) is 110 Å². The van der Waals surface area contributed by atoms with Gasteiger partial charge in [-0.1, -0.05) is 91.0 Å². The number of benzene rings is 8. The molecule has 5 nitrogen and oxygen atoms in total. The van der Waals surface area contributed by atoms with Gasteiger partial charge in [0.15, 0.2) is 0 Å². The van der Waals surface area contributed by atoms with Crippen LogP contribution in [0.5, 0.6) is 0 Å². The first-order valence-corrected chi connectivity index (χ1v) is 19.2. The standard InChI is InChI=1S/C51H28F3N3O2/c1-28-11-10-16-37(51(52,53)54)45(28)35-21-24-40(56-38-17-6-2-12-29(38)31-22-25-43-46(49(31)56)33-14-4-8-19-41(33)58-43)36(27-55)48(35)57-39-18-7-3-13-30(39)32-23-26-44-47(50(32)57)34-15-5-9-20-42(34)59-44/h2-26H,1H3. The molecule has 8 heteroatoms. The average Bonchev–Trinajstić information content (AvgIpc) is 4.00. The van der Waals surface area contributed by atoms with Crippen molar-refractivity contribution in [3.63, 3.8) is 0 Å². The van der Waals surface area contributed by atoms with Crippen LogP contribution >= 0.6 is 0 Å². The largest absolute Gasteiger partial charge is 0.456 e. The summed E-state index contributed by atoms with van der Waals surface area (Å²) in [6.07, 6.45) is -4.68. The monoisotopic (exact) mass is 771 g/mol. The Morgan fingerprint density at radius 3 is 1.61 bits per heavy atom. The summed E-state index contributed by atoms with van der Waals surface area (Å²) >= 11 is 0. The van der Waals surface area contributed by atoms with E-state index in [9.17, 15) is 5.26 Å². The second kappa shape index (κ2) is 11.9. The zero-order chi connectivity index (χ0) is 39.7. The van der Waals surface area contributed by atoms with Crippen molar-refractivity contribution in [1.82, 2.24) is 9.13 Å². The van der Waals surface area contributed by atoms with E-state index in [-0.39, 0.29) is 16.7 Å². The highest BCUT2D eigenvalue weighted by molar-refractivity contribution is 6.26. The number of nitrogens with zero attached hydrogens (tertiary/aromatic N) is 3. The molecule has 4 heterocycles. The van der Waals surface area contributed by atoms with Crippen molar-refractivity contribution in [2.45, 2.75) is 13.1 Å². The Balaban J connectivity index is 1.34. The maximum absolute atomic E-state index is 15.2. The molecule has 0 amide bonds. The first-order chi connectivity index (χ1) is 28.8. The summed E-state index contributed by atoms with van der Waals surface area (Å²) in [6, 6.07) is 49.8. The van der Waals surface area contributed by atoms with E-state index in [4.69, 9.17) is 8.83 Å². The molecule has 280 valence electrons. The highest BCUT2D eigenvalue weighted by atomic mass is 19.4. The third-order valence-electron chi connectivity index (χ3n) is 11.9. The number of furan rings is 2. The number of halogens is 3. The van der Waals surface area contributed by atoms with Crippen LogP contribution in [0.15, 0.2) is 160 Å². The molecule has 0 aliphatic rings. The molecule has 59 heavy (non-hydrogen) atoms. The van der Waals surface area contributed by atoms with E-state index < -0.39 is 11.7 Å². The Labute approximate surface area is 332 Å². The van der Waals surface area contributed by atoms with Crippen molar-refractivity contribution in [1.29, 1.82) is 5.26 Å². The van der Waals surface area contributed by atoms with Gasteiger partial charge in [0.05, 0.1) is 49.8 Å². The van der Waals surface area contributed by atoms with Crippen molar-refractivity contribution < 1.29 is 22.0 Å². The zero-order valence-electron chi connectivity index (χ0n) is 31.2. The Morgan fingerprint density at radius 2 is 1.03 bits per heavy atom. The number of rotatable bonds is 3. The number of hydrogen-bond donors (Lipinski definition) is 0. The van der Waals surface area contributed by atoms with Crippen LogP contribution < -0.4 is 0 Å². The van der Waals surface area contributed by atoms with Crippen LogP contribution in [0.4, 0.5) is 13.2 Å². The second-order valence-corrected chi connectivity index (χ2v) is 15.0. The molecule has 0 saturated heterocycles. The van der Waals surface area contributed by atoms with Crippen LogP contribution in [-0.4, -0.2) is 9.13 Å². The predicted molar refractivity (Wildman–Crippen MR) is 230 cm³/mol. The molecule has 0 N–H and O–H groups in total. The number of alkyl halides is 3. The second-order valence-electron chi connectivity index (χ2n) is 15.0. The van der Waals surface area contributed by atoms with Gasteiger partial charge in [-0.25, -0.2) is 0 Å². The Morgan fingerprint density at radius 1 is 0.508 bits per heavy atom. The molecular formula is C51H28F3N3O2. The molecule has 0 atom stereocenters. The summed E-state index contributed by atoms with van der Waals surface area (Å²) in [5.41, 5.74) is 6.88. The van der Waals surface area contributed by atoms with Crippen LogP contribution in [0.2, 0.25) is 0 Å². The third kappa shape index (κ3) is 4.50. The summed E-state index contributed by atoms with van der Waals surface area (Å²) in [4.78, 5) is 0. The summed E-state index contributed by atoms with van der Waals surface area (Å²) in [5.74, 6) is 0. The summed E-state index contributed by atoms with van der Waals surface area (Å²) in [6.45, 7) is 1.69. The van der Waals surface area contributed by atoms with Gasteiger partial charge in [-0.2, -0.15) is 18.4 Å². The van der Waals surface area contributed by atoms with E-state index in [1.165, 1.54) is 6.07 Å². The average molecular weight is 772 g/mol. The van der Waals surface area contributed by atoms with Gasteiger partial charge < -0.3 is 18.0 Å². The first kappa shape index (κ1) is 33.4. The minimum absolute atomic E-state index is 0.0126. The number of aromatic nitrogens is 2. The Bertz CT molecular complexity index is 3810. The molecule has 0 spiro atoms. The molecule has 0 radical (unpaired) electrons. The minimum atomic E-state index is -4.68. The van der Waals surface area contributed by atoms with Crippen molar-refractivity contribution in [2.24, 2.45) is 0 Å². The smallest absolute Gasteiger partial charge is 0.417 e. The van der Waals surface area contributed by atoms with E-state index in [0.29, 0.717) is 33.7 Å². The van der Waals surface area contributed by atoms with Gasteiger partial charge in [0.25, 0.3) is 0 Å². The van der Waals surface area contributed by atoms with E-state index in [1.54, 1.807) is 25.1 Å². The summed E-state index contributed by atoms with van der Waals surface area (Å²) < 4.78 is 62.5. The maximum Gasteiger partial charge on any atom is 0.417 e. The van der Waals surface area contributed by atoms with Crippen molar-refractivity contribution >= 4 is 87.5 Å². The zero-order valence-corrected chi connectivity index (χ0v) is 31.2. The first-order valence-electron chi connectivity index (χ1n) is 19.2. The lowest BCUT2D eigenvalue weighted by Crippen LogP contribution is -2.11. The Hall–Kier alpha value is -7.76. The van der Waals surface area contributed by atoms with Gasteiger partial charge in [-0.15, -0.1) is 0 Å². The number of aryl methyl sites for hydroxylation is 1. The van der Waals surface area contributed by atoms with Crippen LogP contribution in [-0.2, 0) is 6.18 Å². The Kier molecular flexibility index (Phi) is 6.73. The van der Waals surface area contributed by atoms with Crippen molar-refractivity contribution in [3.8, 4) is 28.6 Å². The molecule has 0 bridgehead atoms. The van der Waals surface area contributed by atoms with Crippen molar-refractivity contribution in [3.05, 3.63) is 168 Å². The third-order valence-corrected chi connectivity index (χ3v) is 11.9. The van der Waals surface area contributed by atoms with Gasteiger partial charge in [0.2, 0.25) is 0 Å². The highest BCUT2D eigenvalue weighted by Gasteiger charge is 2.36. The van der Waals surface area contributed by atoms with Gasteiger partial charge in [0, 0.05) is 37.9 Å². The van der Waals surface area contributed by atoms with Crippen LogP contribution in [0.3, 0.4) is 0 Å². The van der Waals surface area contributed by atoms with E-state index >= 15 is 13.2 Å². The molecule has 12 rings (SSSR count). The van der Waals surface area contributed by atoms with Gasteiger partial charge in [-0.05, 0) is 78.7 Å². The molecule has 4 aromatic heterocycles. The summed E-state index contributed by atoms with van der Waals surface area (Å²) in [7, 11) is 0. The molecule has 8 aromatic carbocycles. The van der Waals surface area contributed by atoms with Gasteiger partial charge >= 0.3 is 6.18 Å². The summed E-state index contributed by atoms with van der Waals surface area (Å²) in [5, 5.41) is 18.9. The molecule has 0 aliphatic heterocycles. The normalized spacial score (nSPS) is 12.4.